The van der Waals surface area contributed by atoms with Gasteiger partial charge in [0.05, 0.1) is 11.1 Å². The molecule has 5 aromatic rings. The van der Waals surface area contributed by atoms with Gasteiger partial charge in [-0.2, -0.15) is 0 Å². The molecule has 0 saturated carbocycles. The van der Waals surface area contributed by atoms with E-state index in [1.165, 1.54) is 0 Å². The maximum atomic E-state index is 13.0. The Labute approximate surface area is 171 Å². The van der Waals surface area contributed by atoms with Crippen molar-refractivity contribution in [3.05, 3.63) is 87.7 Å². The molecular weight excluding hydrogens is 386 g/mol. The highest BCUT2D eigenvalue weighted by Gasteiger charge is 2.24. The quantitative estimate of drug-likeness (QED) is 0.342. The molecule has 142 valence electrons. The van der Waals surface area contributed by atoms with Crippen molar-refractivity contribution in [2.24, 2.45) is 0 Å². The molecule has 0 saturated heterocycles. The fourth-order valence-electron chi connectivity index (χ4n) is 3.76. The Hall–Kier alpha value is -3.50. The maximum absolute atomic E-state index is 13.0. The zero-order chi connectivity index (χ0) is 20.1. The molecular formula is C24H16ClNO3. The van der Waals surface area contributed by atoms with Crippen molar-refractivity contribution in [1.82, 2.24) is 4.98 Å². The third-order valence-electron chi connectivity index (χ3n) is 5.18. The van der Waals surface area contributed by atoms with Gasteiger partial charge < -0.3 is 14.5 Å². The number of aromatic amines is 1. The van der Waals surface area contributed by atoms with E-state index < -0.39 is 5.63 Å². The third kappa shape index (κ3) is 2.72. The van der Waals surface area contributed by atoms with E-state index in [1.54, 1.807) is 24.3 Å². The van der Waals surface area contributed by atoms with E-state index in [2.05, 4.69) is 4.98 Å². The molecule has 5 heteroatoms. The predicted molar refractivity (Wildman–Crippen MR) is 117 cm³/mol. The summed E-state index contributed by atoms with van der Waals surface area (Å²) >= 11 is 6.33. The summed E-state index contributed by atoms with van der Waals surface area (Å²) in [5, 5.41) is 13.0. The summed E-state index contributed by atoms with van der Waals surface area (Å²) in [6, 6.07) is 20.4. The minimum atomic E-state index is -0.591. The molecule has 0 aliphatic rings. The van der Waals surface area contributed by atoms with Gasteiger partial charge in [0.15, 0.2) is 0 Å². The number of hydrogen-bond donors (Lipinski definition) is 2. The molecule has 0 atom stereocenters. The van der Waals surface area contributed by atoms with Gasteiger partial charge in [-0.3, -0.25) is 0 Å². The van der Waals surface area contributed by atoms with Gasteiger partial charge in [0.25, 0.3) is 0 Å². The summed E-state index contributed by atoms with van der Waals surface area (Å²) in [5.74, 6) is -0.0949. The summed E-state index contributed by atoms with van der Waals surface area (Å²) in [7, 11) is 0. The summed E-state index contributed by atoms with van der Waals surface area (Å²) in [5.41, 5.74) is 3.76. The number of hydrogen-bond acceptors (Lipinski definition) is 3. The van der Waals surface area contributed by atoms with Crippen molar-refractivity contribution in [2.75, 3.05) is 0 Å². The second-order valence-electron chi connectivity index (χ2n) is 7.00. The Balaban J connectivity index is 1.96. The normalized spacial score (nSPS) is 11.4. The van der Waals surface area contributed by atoms with Crippen LogP contribution in [0.1, 0.15) is 5.56 Å². The summed E-state index contributed by atoms with van der Waals surface area (Å²) in [6.07, 6.45) is 0. The predicted octanol–water partition coefficient (Wildman–Crippen LogP) is 6.28. The lowest BCUT2D eigenvalue weighted by atomic mass is 9.97. The Kier molecular flexibility index (Phi) is 3.96. The Morgan fingerprint density at radius 1 is 0.931 bits per heavy atom. The highest BCUT2D eigenvalue weighted by molar-refractivity contribution is 6.32. The molecule has 0 spiro atoms. The molecule has 4 nitrogen and oxygen atoms in total. The SMILES string of the molecule is Cc1cc2c(-c3c(O)c4ccccc4oc3=O)c(-c3ccccc3)[nH]c2cc1Cl. The fourth-order valence-corrected chi connectivity index (χ4v) is 3.92. The second kappa shape index (κ2) is 6.54. The van der Waals surface area contributed by atoms with Crippen LogP contribution in [0.5, 0.6) is 5.75 Å². The standard InChI is InChI=1S/C24H16ClNO3/c1-13-11-16-18(12-17(13)25)26-22(14-7-3-2-4-8-14)20(16)21-23(27)15-9-5-6-10-19(15)29-24(21)28/h2-12,26-27H,1H3. The zero-order valence-electron chi connectivity index (χ0n) is 15.5. The Bertz CT molecular complexity index is 1450. The van der Waals surface area contributed by atoms with Gasteiger partial charge in [-0.1, -0.05) is 54.1 Å². The number of rotatable bonds is 2. The molecule has 0 radical (unpaired) electrons. The van der Waals surface area contributed by atoms with Crippen LogP contribution in [0, 0.1) is 6.92 Å². The summed E-state index contributed by atoms with van der Waals surface area (Å²) in [6.45, 7) is 1.91. The van der Waals surface area contributed by atoms with E-state index in [-0.39, 0.29) is 11.3 Å². The second-order valence-corrected chi connectivity index (χ2v) is 7.40. The smallest absolute Gasteiger partial charge is 0.348 e. The largest absolute Gasteiger partial charge is 0.506 e. The van der Waals surface area contributed by atoms with Crippen molar-refractivity contribution in [1.29, 1.82) is 0 Å². The average Bonchev–Trinajstić information content (AvgIpc) is 3.07. The average molecular weight is 402 g/mol. The molecule has 2 aromatic heterocycles. The molecule has 0 unspecified atom stereocenters. The first-order valence-corrected chi connectivity index (χ1v) is 9.55. The van der Waals surface area contributed by atoms with Crippen molar-refractivity contribution in [3.63, 3.8) is 0 Å². The third-order valence-corrected chi connectivity index (χ3v) is 5.58. The van der Waals surface area contributed by atoms with Crippen LogP contribution in [0.4, 0.5) is 0 Å². The lowest BCUT2D eigenvalue weighted by Crippen LogP contribution is -2.04. The van der Waals surface area contributed by atoms with Crippen molar-refractivity contribution < 1.29 is 9.52 Å². The summed E-state index contributed by atoms with van der Waals surface area (Å²) < 4.78 is 5.54. The number of aromatic hydroxyl groups is 1. The molecule has 0 amide bonds. The molecule has 29 heavy (non-hydrogen) atoms. The first-order chi connectivity index (χ1) is 14.0. The molecule has 2 N–H and O–H groups in total. The van der Waals surface area contributed by atoms with Crippen LogP contribution in [0.25, 0.3) is 44.3 Å². The number of aromatic nitrogens is 1. The number of halogens is 1. The van der Waals surface area contributed by atoms with E-state index in [0.717, 1.165) is 27.7 Å². The molecule has 0 aliphatic heterocycles. The number of H-pyrrole nitrogens is 1. The van der Waals surface area contributed by atoms with Crippen LogP contribution in [-0.4, -0.2) is 10.1 Å². The Morgan fingerprint density at radius 2 is 1.66 bits per heavy atom. The number of fused-ring (bicyclic) bond motifs is 2. The maximum Gasteiger partial charge on any atom is 0.348 e. The van der Waals surface area contributed by atoms with Crippen LogP contribution >= 0.6 is 11.6 Å². The van der Waals surface area contributed by atoms with Crippen LogP contribution < -0.4 is 5.63 Å². The van der Waals surface area contributed by atoms with Gasteiger partial charge in [-0.25, -0.2) is 4.79 Å². The van der Waals surface area contributed by atoms with Gasteiger partial charge in [0.2, 0.25) is 0 Å². The van der Waals surface area contributed by atoms with E-state index in [4.69, 9.17) is 16.0 Å². The minimum absolute atomic E-state index is 0.0949. The van der Waals surface area contributed by atoms with Gasteiger partial charge in [0.1, 0.15) is 16.9 Å². The Morgan fingerprint density at radius 3 is 2.45 bits per heavy atom. The number of para-hydroxylation sites is 1. The highest BCUT2D eigenvalue weighted by Crippen LogP contribution is 2.43. The van der Waals surface area contributed by atoms with Gasteiger partial charge in [-0.15, -0.1) is 0 Å². The van der Waals surface area contributed by atoms with E-state index in [9.17, 15) is 9.90 Å². The molecule has 3 aromatic carbocycles. The lowest BCUT2D eigenvalue weighted by molar-refractivity contribution is 0.471. The van der Waals surface area contributed by atoms with Crippen LogP contribution in [0.3, 0.4) is 0 Å². The van der Waals surface area contributed by atoms with E-state index in [0.29, 0.717) is 21.6 Å². The number of aryl methyl sites for hydroxylation is 1. The molecule has 0 fully saturated rings. The van der Waals surface area contributed by atoms with Crippen molar-refractivity contribution in [2.45, 2.75) is 6.92 Å². The first kappa shape index (κ1) is 17.6. The lowest BCUT2D eigenvalue weighted by Gasteiger charge is -2.09. The van der Waals surface area contributed by atoms with Crippen LogP contribution in [0.2, 0.25) is 5.02 Å². The fraction of sp³-hybridized carbons (Fsp3) is 0.0417. The van der Waals surface area contributed by atoms with Gasteiger partial charge >= 0.3 is 5.63 Å². The zero-order valence-corrected chi connectivity index (χ0v) is 16.2. The highest BCUT2D eigenvalue weighted by atomic mass is 35.5. The van der Waals surface area contributed by atoms with E-state index >= 15 is 0 Å². The monoisotopic (exact) mass is 401 g/mol. The molecule has 0 bridgehead atoms. The molecule has 0 aliphatic carbocycles. The van der Waals surface area contributed by atoms with Crippen molar-refractivity contribution in [3.8, 4) is 28.1 Å². The van der Waals surface area contributed by atoms with E-state index in [1.807, 2.05) is 49.4 Å². The van der Waals surface area contributed by atoms with Crippen LogP contribution in [0.15, 0.2) is 75.9 Å². The number of benzene rings is 3. The molecule has 2 heterocycles. The summed E-state index contributed by atoms with van der Waals surface area (Å²) in [4.78, 5) is 16.3. The topological polar surface area (TPSA) is 66.2 Å². The number of nitrogens with one attached hydrogen (secondary N) is 1. The minimum Gasteiger partial charge on any atom is -0.506 e. The van der Waals surface area contributed by atoms with Gasteiger partial charge in [0, 0.05) is 21.5 Å². The van der Waals surface area contributed by atoms with Crippen LogP contribution in [-0.2, 0) is 0 Å². The first-order valence-electron chi connectivity index (χ1n) is 9.17. The molecule has 5 rings (SSSR count). The van der Waals surface area contributed by atoms with Crippen molar-refractivity contribution >= 4 is 33.5 Å². The van der Waals surface area contributed by atoms with Gasteiger partial charge in [-0.05, 0) is 42.3 Å².